The summed E-state index contributed by atoms with van der Waals surface area (Å²) in [5.41, 5.74) is 2.26. The van der Waals surface area contributed by atoms with Gasteiger partial charge < -0.3 is 9.42 Å². The van der Waals surface area contributed by atoms with Gasteiger partial charge in [-0.25, -0.2) is 5.84 Å². The number of nitrogens with zero attached hydrogens (tertiary/aromatic N) is 3. The van der Waals surface area contributed by atoms with Gasteiger partial charge >= 0.3 is 0 Å². The number of rotatable bonds is 5. The van der Waals surface area contributed by atoms with Crippen LogP contribution in [0.4, 0.5) is 0 Å². The van der Waals surface area contributed by atoms with Crippen molar-refractivity contribution in [3.8, 4) is 0 Å². The highest BCUT2D eigenvalue weighted by Crippen LogP contribution is 2.20. The first-order valence-electron chi connectivity index (χ1n) is 6.45. The Bertz CT molecular complexity index is 432. The van der Waals surface area contributed by atoms with E-state index in [-0.39, 0.29) is 5.69 Å². The first kappa shape index (κ1) is 14.0. The van der Waals surface area contributed by atoms with Gasteiger partial charge in [-0.1, -0.05) is 5.16 Å². The molecule has 1 aromatic rings. The Morgan fingerprint density at radius 2 is 2.47 bits per heavy atom. The summed E-state index contributed by atoms with van der Waals surface area (Å²) in [4.78, 5) is 15.9. The summed E-state index contributed by atoms with van der Waals surface area (Å²) in [5, 5.41) is 3.71. The maximum absolute atomic E-state index is 11.3. The van der Waals surface area contributed by atoms with Gasteiger partial charge in [0.25, 0.3) is 5.91 Å². The van der Waals surface area contributed by atoms with Crippen LogP contribution in [-0.2, 0) is 6.54 Å². The Kier molecular flexibility index (Phi) is 4.52. The fourth-order valence-electron chi connectivity index (χ4n) is 2.50. The van der Waals surface area contributed by atoms with Crippen LogP contribution < -0.4 is 11.3 Å². The maximum Gasteiger partial charge on any atom is 0.287 e. The molecule has 3 N–H and O–H groups in total. The molecule has 0 aromatic carbocycles. The Labute approximate surface area is 112 Å². The number of carbonyl (C=O) groups is 1. The molecule has 1 aliphatic rings. The van der Waals surface area contributed by atoms with Gasteiger partial charge in [0.1, 0.15) is 0 Å². The summed E-state index contributed by atoms with van der Waals surface area (Å²) in [6.07, 6.45) is 2.39. The molecule has 0 spiro atoms. The van der Waals surface area contributed by atoms with E-state index in [0.29, 0.717) is 18.3 Å². The van der Waals surface area contributed by atoms with Crippen LogP contribution in [0.15, 0.2) is 10.6 Å². The van der Waals surface area contributed by atoms with Crippen LogP contribution in [-0.4, -0.2) is 54.1 Å². The SMILES string of the molecule is CN(C)CC1CCCN1Cc1cc(C(=O)NN)no1. The van der Waals surface area contributed by atoms with Gasteiger partial charge in [0.2, 0.25) is 0 Å². The first-order valence-corrected chi connectivity index (χ1v) is 6.45. The summed E-state index contributed by atoms with van der Waals surface area (Å²) >= 11 is 0. The van der Waals surface area contributed by atoms with Crippen molar-refractivity contribution in [2.24, 2.45) is 5.84 Å². The Balaban J connectivity index is 1.96. The monoisotopic (exact) mass is 267 g/mol. The standard InChI is InChI=1S/C12H21N5O2/c1-16(2)7-9-4-3-5-17(9)8-10-6-11(15-19-10)12(18)14-13/h6,9H,3-5,7-8,13H2,1-2H3,(H,14,18). The molecule has 1 saturated heterocycles. The van der Waals surface area contributed by atoms with Crippen LogP contribution in [0, 0.1) is 0 Å². The number of amides is 1. The minimum absolute atomic E-state index is 0.223. The molecule has 0 aliphatic carbocycles. The second-order valence-corrected chi connectivity index (χ2v) is 5.18. The minimum atomic E-state index is -0.429. The molecule has 0 radical (unpaired) electrons. The van der Waals surface area contributed by atoms with Gasteiger partial charge in [0.05, 0.1) is 6.54 Å². The van der Waals surface area contributed by atoms with Crippen LogP contribution in [0.3, 0.4) is 0 Å². The molecule has 1 aromatic heterocycles. The number of likely N-dealkylation sites (N-methyl/N-ethyl adjacent to an activating group) is 1. The molecule has 0 bridgehead atoms. The average molecular weight is 267 g/mol. The van der Waals surface area contributed by atoms with Crippen molar-refractivity contribution < 1.29 is 9.32 Å². The molecule has 7 heteroatoms. The van der Waals surface area contributed by atoms with Crippen LogP contribution in [0.25, 0.3) is 0 Å². The quantitative estimate of drug-likeness (QED) is 0.436. The van der Waals surface area contributed by atoms with Gasteiger partial charge in [-0.05, 0) is 33.5 Å². The third-order valence-corrected chi connectivity index (χ3v) is 3.36. The van der Waals surface area contributed by atoms with Crippen LogP contribution in [0.2, 0.25) is 0 Å². The molecule has 1 amide bonds. The van der Waals surface area contributed by atoms with E-state index in [1.54, 1.807) is 6.07 Å². The number of likely N-dealkylation sites (tertiary alicyclic amines) is 1. The Morgan fingerprint density at radius 1 is 1.68 bits per heavy atom. The van der Waals surface area contributed by atoms with Crippen LogP contribution >= 0.6 is 0 Å². The molecule has 19 heavy (non-hydrogen) atoms. The first-order chi connectivity index (χ1) is 9.10. The molecule has 7 nitrogen and oxygen atoms in total. The van der Waals surface area contributed by atoms with Crippen molar-refractivity contribution in [3.63, 3.8) is 0 Å². The predicted octanol–water partition coefficient (Wildman–Crippen LogP) is -0.196. The highest BCUT2D eigenvalue weighted by Gasteiger charge is 2.26. The van der Waals surface area contributed by atoms with Crippen molar-refractivity contribution in [3.05, 3.63) is 17.5 Å². The number of nitrogens with two attached hydrogens (primary N) is 1. The molecular formula is C12H21N5O2. The van der Waals surface area contributed by atoms with E-state index in [1.165, 1.54) is 12.8 Å². The highest BCUT2D eigenvalue weighted by molar-refractivity contribution is 5.91. The molecule has 1 fully saturated rings. The number of nitrogens with one attached hydrogen (secondary N) is 1. The van der Waals surface area contributed by atoms with Crippen molar-refractivity contribution in [2.75, 3.05) is 27.2 Å². The van der Waals surface area contributed by atoms with E-state index in [1.807, 2.05) is 5.43 Å². The molecule has 2 rings (SSSR count). The van der Waals surface area contributed by atoms with E-state index in [2.05, 4.69) is 29.1 Å². The van der Waals surface area contributed by atoms with Gasteiger partial charge in [-0.2, -0.15) is 0 Å². The van der Waals surface area contributed by atoms with E-state index in [0.717, 1.165) is 13.1 Å². The largest absolute Gasteiger partial charge is 0.359 e. The summed E-state index contributed by atoms with van der Waals surface area (Å²) in [7, 11) is 4.16. The van der Waals surface area contributed by atoms with Crippen molar-refractivity contribution in [1.29, 1.82) is 0 Å². The van der Waals surface area contributed by atoms with Crippen molar-refractivity contribution >= 4 is 5.91 Å². The molecule has 1 atom stereocenters. The zero-order chi connectivity index (χ0) is 13.8. The molecule has 106 valence electrons. The third-order valence-electron chi connectivity index (χ3n) is 3.36. The lowest BCUT2D eigenvalue weighted by atomic mass is 10.2. The number of aromatic nitrogens is 1. The second kappa shape index (κ2) is 6.14. The summed E-state index contributed by atoms with van der Waals surface area (Å²) in [6, 6.07) is 2.18. The third kappa shape index (κ3) is 3.52. The van der Waals surface area contributed by atoms with Crippen molar-refractivity contribution in [2.45, 2.75) is 25.4 Å². The topological polar surface area (TPSA) is 87.6 Å². The number of hydrazine groups is 1. The van der Waals surface area contributed by atoms with E-state index >= 15 is 0 Å². The number of nitrogen functional groups attached to an aromatic ring is 1. The van der Waals surface area contributed by atoms with E-state index in [4.69, 9.17) is 10.4 Å². The number of hydrogen-bond acceptors (Lipinski definition) is 6. The Hall–Kier alpha value is -1.44. The maximum atomic E-state index is 11.3. The fraction of sp³-hybridized carbons (Fsp3) is 0.667. The van der Waals surface area contributed by atoms with E-state index < -0.39 is 5.91 Å². The van der Waals surface area contributed by atoms with Crippen molar-refractivity contribution in [1.82, 2.24) is 20.4 Å². The Morgan fingerprint density at radius 3 is 3.16 bits per heavy atom. The minimum Gasteiger partial charge on any atom is -0.359 e. The highest BCUT2D eigenvalue weighted by atomic mass is 16.5. The summed E-state index contributed by atoms with van der Waals surface area (Å²) in [6.45, 7) is 2.77. The lowest BCUT2D eigenvalue weighted by Gasteiger charge is -2.25. The molecule has 2 heterocycles. The normalized spacial score (nSPS) is 20.1. The lowest BCUT2D eigenvalue weighted by Crippen LogP contribution is -2.37. The average Bonchev–Trinajstić information content (AvgIpc) is 2.99. The summed E-state index contributed by atoms with van der Waals surface area (Å²) < 4.78 is 5.18. The van der Waals surface area contributed by atoms with Gasteiger partial charge in [0, 0.05) is 18.7 Å². The zero-order valence-electron chi connectivity index (χ0n) is 11.4. The predicted molar refractivity (Wildman–Crippen MR) is 70.1 cm³/mol. The number of hydrogen-bond donors (Lipinski definition) is 2. The lowest BCUT2D eigenvalue weighted by molar-refractivity contribution is 0.0944. The smallest absolute Gasteiger partial charge is 0.287 e. The molecular weight excluding hydrogens is 246 g/mol. The zero-order valence-corrected chi connectivity index (χ0v) is 11.4. The van der Waals surface area contributed by atoms with Crippen LogP contribution in [0.5, 0.6) is 0 Å². The van der Waals surface area contributed by atoms with Crippen LogP contribution in [0.1, 0.15) is 29.1 Å². The summed E-state index contributed by atoms with van der Waals surface area (Å²) in [5.74, 6) is 5.33. The molecule has 1 aliphatic heterocycles. The van der Waals surface area contributed by atoms with Gasteiger partial charge in [-0.3, -0.25) is 15.1 Å². The van der Waals surface area contributed by atoms with Gasteiger partial charge in [-0.15, -0.1) is 0 Å². The number of carbonyl (C=O) groups excluding carboxylic acids is 1. The van der Waals surface area contributed by atoms with E-state index in [9.17, 15) is 4.79 Å². The molecule has 0 saturated carbocycles. The second-order valence-electron chi connectivity index (χ2n) is 5.18. The fourth-order valence-corrected chi connectivity index (χ4v) is 2.50. The molecule has 1 unspecified atom stereocenters. The van der Waals surface area contributed by atoms with Gasteiger partial charge in [0.15, 0.2) is 11.5 Å².